The van der Waals surface area contributed by atoms with Crippen LogP contribution in [0.2, 0.25) is 0 Å². The fourth-order valence-electron chi connectivity index (χ4n) is 5.23. The third kappa shape index (κ3) is 5.95. The normalized spacial score (nSPS) is 18.3. The number of rotatable bonds is 9. The molecule has 2 aliphatic heterocycles. The van der Waals surface area contributed by atoms with Gasteiger partial charge in [-0.15, -0.1) is 0 Å². The summed E-state index contributed by atoms with van der Waals surface area (Å²) in [5.74, 6) is 1.25. The lowest BCUT2D eigenvalue weighted by atomic mass is 9.99. The van der Waals surface area contributed by atoms with Gasteiger partial charge in [-0.2, -0.15) is 0 Å². The van der Waals surface area contributed by atoms with Gasteiger partial charge in [-0.3, -0.25) is 14.5 Å². The SMILES string of the molecule is COc1ccc([C@H](C(=O)NC[C@H]2CCCO2)N(C(=O)[C@@H]2COc3ccccc3O2)c2cccc(C)c2C)cc1OC. The molecule has 0 unspecified atom stereocenters. The van der Waals surface area contributed by atoms with Crippen molar-refractivity contribution in [3.05, 3.63) is 77.4 Å². The summed E-state index contributed by atoms with van der Waals surface area (Å²) in [5.41, 5.74) is 3.01. The molecule has 0 aliphatic carbocycles. The van der Waals surface area contributed by atoms with Gasteiger partial charge >= 0.3 is 0 Å². The first-order valence-electron chi connectivity index (χ1n) is 13.8. The van der Waals surface area contributed by atoms with Crippen LogP contribution < -0.4 is 29.2 Å². The quantitative estimate of drug-likeness (QED) is 0.411. The highest BCUT2D eigenvalue weighted by Crippen LogP contribution is 2.38. The first kappa shape index (κ1) is 28.3. The maximum Gasteiger partial charge on any atom is 0.272 e. The van der Waals surface area contributed by atoms with Gasteiger partial charge in [0.25, 0.3) is 5.91 Å². The van der Waals surface area contributed by atoms with Gasteiger partial charge in [-0.1, -0.05) is 30.3 Å². The Kier molecular flexibility index (Phi) is 8.64. The number of ether oxygens (including phenoxy) is 5. The number of hydrogen-bond donors (Lipinski definition) is 1. The maximum absolute atomic E-state index is 14.5. The molecule has 0 bridgehead atoms. The molecule has 0 saturated carbocycles. The van der Waals surface area contributed by atoms with Crippen molar-refractivity contribution in [1.82, 2.24) is 5.32 Å². The highest BCUT2D eigenvalue weighted by molar-refractivity contribution is 6.04. The van der Waals surface area contributed by atoms with E-state index in [1.54, 1.807) is 37.4 Å². The topological polar surface area (TPSA) is 95.6 Å². The molecule has 1 fully saturated rings. The number of anilines is 1. The van der Waals surface area contributed by atoms with Crippen LogP contribution in [0.1, 0.15) is 35.6 Å². The Labute approximate surface area is 240 Å². The van der Waals surface area contributed by atoms with Crippen LogP contribution in [-0.2, 0) is 14.3 Å². The van der Waals surface area contributed by atoms with Crippen LogP contribution in [-0.4, -0.2) is 58.0 Å². The van der Waals surface area contributed by atoms with Crippen LogP contribution in [0.25, 0.3) is 0 Å². The Morgan fingerprint density at radius 2 is 1.78 bits per heavy atom. The Hall–Kier alpha value is -4.24. The van der Waals surface area contributed by atoms with Crippen LogP contribution >= 0.6 is 0 Å². The van der Waals surface area contributed by atoms with Gasteiger partial charge < -0.3 is 29.0 Å². The summed E-state index contributed by atoms with van der Waals surface area (Å²) in [6.07, 6.45) is 0.778. The van der Waals surface area contributed by atoms with E-state index in [0.717, 1.165) is 24.0 Å². The average Bonchev–Trinajstić information content (AvgIpc) is 3.53. The molecule has 9 heteroatoms. The lowest BCUT2D eigenvalue weighted by molar-refractivity contribution is -0.131. The van der Waals surface area contributed by atoms with Crippen molar-refractivity contribution in [3.63, 3.8) is 0 Å². The smallest absolute Gasteiger partial charge is 0.272 e. The lowest BCUT2D eigenvalue weighted by Gasteiger charge is -2.36. The van der Waals surface area contributed by atoms with Crippen LogP contribution in [0.5, 0.6) is 23.0 Å². The second-order valence-corrected chi connectivity index (χ2v) is 10.2. The number of carbonyl (C=O) groups is 2. The van der Waals surface area contributed by atoms with Gasteiger partial charge in [-0.25, -0.2) is 0 Å². The Balaban J connectivity index is 1.60. The van der Waals surface area contributed by atoms with Gasteiger partial charge in [-0.05, 0) is 73.7 Å². The Morgan fingerprint density at radius 1 is 1.00 bits per heavy atom. The molecule has 9 nitrogen and oxygen atoms in total. The number of fused-ring (bicyclic) bond motifs is 1. The molecule has 0 aromatic heterocycles. The number of amides is 2. The molecule has 2 aliphatic rings. The molecule has 0 radical (unpaired) electrons. The molecule has 2 amide bonds. The van der Waals surface area contributed by atoms with Gasteiger partial charge in [0.2, 0.25) is 12.0 Å². The molecule has 5 rings (SSSR count). The van der Waals surface area contributed by atoms with E-state index in [1.165, 1.54) is 12.0 Å². The zero-order chi connectivity index (χ0) is 28.9. The van der Waals surface area contributed by atoms with Crippen LogP contribution in [0, 0.1) is 13.8 Å². The summed E-state index contributed by atoms with van der Waals surface area (Å²) in [5, 5.41) is 3.05. The van der Waals surface area contributed by atoms with Gasteiger partial charge in [0.15, 0.2) is 23.0 Å². The van der Waals surface area contributed by atoms with E-state index in [4.69, 9.17) is 23.7 Å². The fraction of sp³-hybridized carbons (Fsp3) is 0.375. The molecule has 3 atom stereocenters. The molecule has 1 N–H and O–H groups in total. The Bertz CT molecular complexity index is 1400. The van der Waals surface area contributed by atoms with E-state index in [2.05, 4.69) is 5.32 Å². The number of nitrogens with zero attached hydrogens (tertiary/aromatic N) is 1. The van der Waals surface area contributed by atoms with Gasteiger partial charge in [0.05, 0.1) is 20.3 Å². The molecule has 1 saturated heterocycles. The molecule has 0 spiro atoms. The van der Waals surface area contributed by atoms with Crippen LogP contribution in [0.4, 0.5) is 5.69 Å². The maximum atomic E-state index is 14.5. The van der Waals surface area contributed by atoms with Crippen molar-refractivity contribution in [2.45, 2.75) is 44.9 Å². The van der Waals surface area contributed by atoms with Crippen molar-refractivity contribution in [1.29, 1.82) is 0 Å². The third-order valence-corrected chi connectivity index (χ3v) is 7.61. The number of para-hydroxylation sites is 2. The summed E-state index contributed by atoms with van der Waals surface area (Å²) in [6.45, 7) is 4.93. The van der Waals surface area contributed by atoms with E-state index in [9.17, 15) is 9.59 Å². The second kappa shape index (κ2) is 12.5. The van der Waals surface area contributed by atoms with Crippen molar-refractivity contribution in [3.8, 4) is 23.0 Å². The largest absolute Gasteiger partial charge is 0.493 e. The number of hydrogen-bond acceptors (Lipinski definition) is 7. The van der Waals surface area contributed by atoms with Crippen molar-refractivity contribution in [2.75, 3.05) is 38.9 Å². The zero-order valence-electron chi connectivity index (χ0n) is 23.8. The highest BCUT2D eigenvalue weighted by Gasteiger charge is 2.40. The predicted molar refractivity (Wildman–Crippen MR) is 154 cm³/mol. The van der Waals surface area contributed by atoms with Crippen molar-refractivity contribution >= 4 is 17.5 Å². The second-order valence-electron chi connectivity index (χ2n) is 10.2. The first-order valence-corrected chi connectivity index (χ1v) is 13.8. The minimum atomic E-state index is -1.05. The van der Waals surface area contributed by atoms with E-state index < -0.39 is 18.1 Å². The van der Waals surface area contributed by atoms with E-state index in [0.29, 0.717) is 47.4 Å². The molecule has 41 heavy (non-hydrogen) atoms. The number of methoxy groups -OCH3 is 2. The number of benzene rings is 3. The predicted octanol–water partition coefficient (Wildman–Crippen LogP) is 4.53. The van der Waals surface area contributed by atoms with Crippen LogP contribution in [0.15, 0.2) is 60.7 Å². The monoisotopic (exact) mass is 560 g/mol. The van der Waals surface area contributed by atoms with E-state index in [1.807, 2.05) is 44.2 Å². The molecule has 3 aromatic rings. The van der Waals surface area contributed by atoms with Crippen LogP contribution in [0.3, 0.4) is 0 Å². The zero-order valence-corrected chi connectivity index (χ0v) is 23.8. The number of nitrogens with one attached hydrogen (secondary N) is 1. The van der Waals surface area contributed by atoms with Gasteiger partial charge in [0, 0.05) is 18.8 Å². The highest BCUT2D eigenvalue weighted by atomic mass is 16.6. The third-order valence-electron chi connectivity index (χ3n) is 7.61. The summed E-state index contributed by atoms with van der Waals surface area (Å²) >= 11 is 0. The summed E-state index contributed by atoms with van der Waals surface area (Å²) in [4.78, 5) is 30.2. The Morgan fingerprint density at radius 3 is 2.51 bits per heavy atom. The average molecular weight is 561 g/mol. The number of carbonyl (C=O) groups excluding carboxylic acids is 2. The lowest BCUT2D eigenvalue weighted by Crippen LogP contribution is -2.52. The fourth-order valence-corrected chi connectivity index (χ4v) is 5.23. The molecular weight excluding hydrogens is 524 g/mol. The first-order chi connectivity index (χ1) is 19.9. The summed E-state index contributed by atoms with van der Waals surface area (Å²) in [7, 11) is 3.08. The summed E-state index contributed by atoms with van der Waals surface area (Å²) < 4.78 is 28.8. The summed E-state index contributed by atoms with van der Waals surface area (Å²) in [6, 6.07) is 17.1. The minimum Gasteiger partial charge on any atom is -0.493 e. The standard InChI is InChI=1S/C32H36N2O7/c1-20-9-7-11-24(21(20)2)34(32(36)29-19-40-26-12-5-6-13-27(26)41-29)30(31(35)33-18-23-10-8-16-39-23)22-14-15-25(37-3)28(17-22)38-4/h5-7,9,11-15,17,23,29-30H,8,10,16,18-19H2,1-4H3,(H,33,35)/t23-,29+,30-/m1/s1. The minimum absolute atomic E-state index is 0.00734. The van der Waals surface area contributed by atoms with E-state index in [-0.39, 0.29) is 18.6 Å². The van der Waals surface area contributed by atoms with Crippen molar-refractivity contribution < 1.29 is 33.3 Å². The van der Waals surface area contributed by atoms with Gasteiger partial charge in [0.1, 0.15) is 12.6 Å². The molecule has 2 heterocycles. The number of aryl methyl sites for hydroxylation is 1. The molecule has 216 valence electrons. The molecule has 3 aromatic carbocycles. The van der Waals surface area contributed by atoms with E-state index >= 15 is 0 Å². The molecular formula is C32H36N2O7. The van der Waals surface area contributed by atoms with Crippen molar-refractivity contribution in [2.24, 2.45) is 0 Å².